The maximum Gasteiger partial charge on any atom is 0.243 e. The Balaban J connectivity index is 1.40. The van der Waals surface area contributed by atoms with Crippen LogP contribution in [0.25, 0.3) is 0 Å². The van der Waals surface area contributed by atoms with Crippen molar-refractivity contribution in [1.29, 1.82) is 0 Å². The van der Waals surface area contributed by atoms with Gasteiger partial charge in [-0.2, -0.15) is 9.40 Å². The molecule has 0 bridgehead atoms. The molecule has 0 spiro atoms. The highest BCUT2D eigenvalue weighted by Gasteiger charge is 2.33. The van der Waals surface area contributed by atoms with Crippen LogP contribution in [0.1, 0.15) is 36.1 Å². The van der Waals surface area contributed by atoms with E-state index in [2.05, 4.69) is 10.4 Å². The standard InChI is InChI=1S/C20H26N4O3S/c1-14-6-8-16(9-7-14)28(26,27)24-12-10-15(11-13-24)20(25)21-19-17-4-3-5-18(17)22-23(19)2/h6-9,15H,3-5,10-13H2,1-2H3,(H,21,25). The molecule has 150 valence electrons. The van der Waals surface area contributed by atoms with E-state index in [0.717, 1.165) is 41.9 Å². The number of aryl methyl sites for hydroxylation is 3. The number of hydrogen-bond acceptors (Lipinski definition) is 4. The van der Waals surface area contributed by atoms with Crippen LogP contribution < -0.4 is 5.32 Å². The van der Waals surface area contributed by atoms with E-state index in [4.69, 9.17) is 0 Å². The summed E-state index contributed by atoms with van der Waals surface area (Å²) in [6.45, 7) is 2.65. The van der Waals surface area contributed by atoms with Gasteiger partial charge in [0.2, 0.25) is 15.9 Å². The number of piperidine rings is 1. The zero-order valence-electron chi connectivity index (χ0n) is 16.3. The normalized spacial score (nSPS) is 18.2. The van der Waals surface area contributed by atoms with Crippen LogP contribution in [0.3, 0.4) is 0 Å². The Morgan fingerprint density at radius 1 is 1.14 bits per heavy atom. The van der Waals surface area contributed by atoms with Gasteiger partial charge in [-0.15, -0.1) is 0 Å². The molecule has 2 heterocycles. The molecule has 1 N–H and O–H groups in total. The van der Waals surface area contributed by atoms with Crippen LogP contribution in [0.2, 0.25) is 0 Å². The topological polar surface area (TPSA) is 84.3 Å². The fraction of sp³-hybridized carbons (Fsp3) is 0.500. The maximum atomic E-state index is 12.8. The molecular formula is C20H26N4O3S. The molecule has 1 amide bonds. The van der Waals surface area contributed by atoms with Crippen molar-refractivity contribution in [2.24, 2.45) is 13.0 Å². The lowest BCUT2D eigenvalue weighted by molar-refractivity contribution is -0.121. The molecule has 2 aliphatic rings. The predicted octanol–water partition coefficient (Wildman–Crippen LogP) is 2.26. The van der Waals surface area contributed by atoms with E-state index in [1.807, 2.05) is 14.0 Å². The molecule has 1 aromatic heterocycles. The lowest BCUT2D eigenvalue weighted by atomic mass is 9.97. The molecule has 8 heteroatoms. The minimum atomic E-state index is -3.51. The highest BCUT2D eigenvalue weighted by Crippen LogP contribution is 2.30. The zero-order chi connectivity index (χ0) is 19.9. The first-order chi connectivity index (χ1) is 13.4. The van der Waals surface area contributed by atoms with Gasteiger partial charge in [0.25, 0.3) is 0 Å². The number of fused-ring (bicyclic) bond motifs is 1. The minimum absolute atomic E-state index is 0.0370. The van der Waals surface area contributed by atoms with Gasteiger partial charge in [-0.1, -0.05) is 17.7 Å². The Bertz CT molecular complexity index is 987. The molecular weight excluding hydrogens is 376 g/mol. The number of aromatic nitrogens is 2. The third-order valence-electron chi connectivity index (χ3n) is 5.79. The van der Waals surface area contributed by atoms with Crippen LogP contribution in [0, 0.1) is 12.8 Å². The average molecular weight is 403 g/mol. The van der Waals surface area contributed by atoms with Crippen LogP contribution in [0.4, 0.5) is 5.82 Å². The number of carbonyl (C=O) groups is 1. The van der Waals surface area contributed by atoms with Gasteiger partial charge in [0, 0.05) is 31.6 Å². The number of carbonyl (C=O) groups excluding carboxylic acids is 1. The first kappa shape index (κ1) is 19.1. The lowest BCUT2D eigenvalue weighted by Crippen LogP contribution is -2.41. The predicted molar refractivity (Wildman–Crippen MR) is 107 cm³/mol. The van der Waals surface area contributed by atoms with E-state index in [-0.39, 0.29) is 11.8 Å². The molecule has 1 aliphatic heterocycles. The molecule has 0 saturated carbocycles. The fourth-order valence-electron chi connectivity index (χ4n) is 4.11. The molecule has 1 aliphatic carbocycles. The summed E-state index contributed by atoms with van der Waals surface area (Å²) >= 11 is 0. The molecule has 1 fully saturated rings. The summed E-state index contributed by atoms with van der Waals surface area (Å²) < 4.78 is 28.9. The van der Waals surface area contributed by atoms with Crippen molar-refractivity contribution < 1.29 is 13.2 Å². The van der Waals surface area contributed by atoms with Crippen molar-refractivity contribution in [2.45, 2.75) is 43.9 Å². The second-order valence-electron chi connectivity index (χ2n) is 7.73. The summed E-state index contributed by atoms with van der Waals surface area (Å²) in [5.74, 6) is 0.578. The number of rotatable bonds is 4. The summed E-state index contributed by atoms with van der Waals surface area (Å²) in [7, 11) is -1.65. The Morgan fingerprint density at radius 3 is 2.50 bits per heavy atom. The molecule has 1 aromatic carbocycles. The van der Waals surface area contributed by atoms with E-state index < -0.39 is 10.0 Å². The number of hydrogen-bond donors (Lipinski definition) is 1. The van der Waals surface area contributed by atoms with Gasteiger partial charge >= 0.3 is 0 Å². The molecule has 2 aromatic rings. The van der Waals surface area contributed by atoms with Gasteiger partial charge in [-0.3, -0.25) is 9.48 Å². The second kappa shape index (κ2) is 7.33. The third-order valence-corrected chi connectivity index (χ3v) is 7.71. The summed E-state index contributed by atoms with van der Waals surface area (Å²) in [5.41, 5.74) is 3.25. The van der Waals surface area contributed by atoms with Gasteiger partial charge in [0.15, 0.2) is 0 Å². The molecule has 7 nitrogen and oxygen atoms in total. The first-order valence-electron chi connectivity index (χ1n) is 9.78. The van der Waals surface area contributed by atoms with Crippen molar-refractivity contribution in [1.82, 2.24) is 14.1 Å². The number of nitrogens with one attached hydrogen (secondary N) is 1. The van der Waals surface area contributed by atoms with E-state index in [9.17, 15) is 13.2 Å². The number of anilines is 1. The minimum Gasteiger partial charge on any atom is -0.310 e. The Morgan fingerprint density at radius 2 is 1.82 bits per heavy atom. The van der Waals surface area contributed by atoms with Crippen LogP contribution in [-0.4, -0.2) is 41.5 Å². The Hall–Kier alpha value is -2.19. The lowest BCUT2D eigenvalue weighted by Gasteiger charge is -2.30. The van der Waals surface area contributed by atoms with Crippen molar-refractivity contribution in [3.8, 4) is 0 Å². The van der Waals surface area contributed by atoms with Crippen molar-refractivity contribution >= 4 is 21.7 Å². The monoisotopic (exact) mass is 402 g/mol. The van der Waals surface area contributed by atoms with Gasteiger partial charge in [0.1, 0.15) is 5.82 Å². The van der Waals surface area contributed by atoms with E-state index in [1.165, 1.54) is 4.31 Å². The quantitative estimate of drug-likeness (QED) is 0.850. The van der Waals surface area contributed by atoms with Gasteiger partial charge in [-0.25, -0.2) is 8.42 Å². The summed E-state index contributed by atoms with van der Waals surface area (Å²) in [4.78, 5) is 13.1. The number of benzene rings is 1. The summed E-state index contributed by atoms with van der Waals surface area (Å²) in [6, 6.07) is 6.90. The summed E-state index contributed by atoms with van der Waals surface area (Å²) in [6.07, 6.45) is 4.05. The van der Waals surface area contributed by atoms with E-state index in [1.54, 1.807) is 28.9 Å². The van der Waals surface area contributed by atoms with Crippen molar-refractivity contribution in [3.05, 3.63) is 41.1 Å². The van der Waals surface area contributed by atoms with Gasteiger partial charge in [-0.05, 0) is 51.2 Å². The van der Waals surface area contributed by atoms with Crippen LogP contribution in [0.5, 0.6) is 0 Å². The number of nitrogens with zero attached hydrogens (tertiary/aromatic N) is 3. The number of amides is 1. The van der Waals surface area contributed by atoms with E-state index in [0.29, 0.717) is 30.8 Å². The zero-order valence-corrected chi connectivity index (χ0v) is 17.1. The highest BCUT2D eigenvalue weighted by atomic mass is 32.2. The van der Waals surface area contributed by atoms with Crippen LogP contribution in [0.15, 0.2) is 29.2 Å². The van der Waals surface area contributed by atoms with Crippen molar-refractivity contribution in [3.63, 3.8) is 0 Å². The number of sulfonamides is 1. The van der Waals surface area contributed by atoms with E-state index >= 15 is 0 Å². The maximum absolute atomic E-state index is 12.8. The largest absolute Gasteiger partial charge is 0.310 e. The third kappa shape index (κ3) is 3.46. The van der Waals surface area contributed by atoms with Crippen molar-refractivity contribution in [2.75, 3.05) is 18.4 Å². The summed E-state index contributed by atoms with van der Waals surface area (Å²) in [5, 5.41) is 7.53. The molecule has 0 radical (unpaired) electrons. The van der Waals surface area contributed by atoms with Crippen LogP contribution in [-0.2, 0) is 34.7 Å². The van der Waals surface area contributed by atoms with Crippen LogP contribution >= 0.6 is 0 Å². The molecule has 0 atom stereocenters. The molecule has 1 saturated heterocycles. The fourth-order valence-corrected chi connectivity index (χ4v) is 5.58. The SMILES string of the molecule is Cc1ccc(S(=O)(=O)N2CCC(C(=O)Nc3c4c(nn3C)CCC4)CC2)cc1. The smallest absolute Gasteiger partial charge is 0.243 e. The van der Waals surface area contributed by atoms with Gasteiger partial charge < -0.3 is 5.32 Å². The van der Waals surface area contributed by atoms with Gasteiger partial charge in [0.05, 0.1) is 10.6 Å². The average Bonchev–Trinajstić information content (AvgIpc) is 3.24. The Labute approximate surface area is 165 Å². The second-order valence-corrected chi connectivity index (χ2v) is 9.67. The first-order valence-corrected chi connectivity index (χ1v) is 11.2. The molecule has 0 unspecified atom stereocenters. The Kier molecular flexibility index (Phi) is 5.01. The highest BCUT2D eigenvalue weighted by molar-refractivity contribution is 7.89. The molecule has 4 rings (SSSR count). The molecule has 28 heavy (non-hydrogen) atoms.